The highest BCUT2D eigenvalue weighted by Gasteiger charge is 2.24. The van der Waals surface area contributed by atoms with E-state index in [1.807, 2.05) is 0 Å². The predicted octanol–water partition coefficient (Wildman–Crippen LogP) is 6.48. The zero-order chi connectivity index (χ0) is 25.9. The fourth-order valence-electron chi connectivity index (χ4n) is 3.99. The number of benzene rings is 3. The van der Waals surface area contributed by atoms with Crippen LogP contribution in [0.15, 0.2) is 60.8 Å². The summed E-state index contributed by atoms with van der Waals surface area (Å²) in [6, 6.07) is 13.5. The topological polar surface area (TPSA) is 90.9 Å². The van der Waals surface area contributed by atoms with E-state index >= 15 is 0 Å². The number of methoxy groups -OCH3 is 1. The molecular formula is C27H23ClFN3O5. The number of nitrogens with zero attached hydrogens (tertiary/aromatic N) is 1. The number of halogens is 2. The Morgan fingerprint density at radius 1 is 1.05 bits per heavy atom. The largest absolute Gasteiger partial charge is 0.493 e. The van der Waals surface area contributed by atoms with Crippen LogP contribution in [-0.4, -0.2) is 31.3 Å². The highest BCUT2D eigenvalue weighted by molar-refractivity contribution is 6.33. The predicted molar refractivity (Wildman–Crippen MR) is 138 cm³/mol. The second-order valence-corrected chi connectivity index (χ2v) is 8.66. The molecule has 0 spiro atoms. The highest BCUT2D eigenvalue weighted by atomic mass is 35.5. The second-order valence-electron chi connectivity index (χ2n) is 8.25. The van der Waals surface area contributed by atoms with Crippen molar-refractivity contribution in [3.05, 3.63) is 77.2 Å². The number of hydrogen-bond donors (Lipinski definition) is 2. The molecule has 1 aromatic heterocycles. The van der Waals surface area contributed by atoms with Gasteiger partial charge in [0.1, 0.15) is 30.5 Å². The first-order valence-corrected chi connectivity index (χ1v) is 11.9. The third-order valence-corrected chi connectivity index (χ3v) is 6.11. The summed E-state index contributed by atoms with van der Waals surface area (Å²) in [5.74, 6) is 2.13. The van der Waals surface area contributed by atoms with Gasteiger partial charge in [-0.05, 0) is 42.8 Å². The normalized spacial score (nSPS) is 13.1. The number of aromatic nitrogens is 1. The maximum atomic E-state index is 13.2. The quantitative estimate of drug-likeness (QED) is 0.300. The summed E-state index contributed by atoms with van der Waals surface area (Å²) in [5.41, 5.74) is 1.79. The summed E-state index contributed by atoms with van der Waals surface area (Å²) in [4.78, 5) is 16.9. The van der Waals surface area contributed by atoms with Crippen molar-refractivity contribution in [2.75, 3.05) is 25.6 Å². The minimum atomic E-state index is -0.453. The molecule has 0 radical (unpaired) electrons. The summed E-state index contributed by atoms with van der Waals surface area (Å²) < 4.78 is 36.4. The van der Waals surface area contributed by atoms with Crippen molar-refractivity contribution in [1.29, 1.82) is 0 Å². The van der Waals surface area contributed by atoms with Gasteiger partial charge >= 0.3 is 6.03 Å². The Morgan fingerprint density at radius 2 is 1.81 bits per heavy atom. The summed E-state index contributed by atoms with van der Waals surface area (Å²) in [6.45, 7) is 2.59. The molecule has 1 atom stereocenters. The Morgan fingerprint density at radius 3 is 2.54 bits per heavy atom. The number of hydrogen-bond acceptors (Lipinski definition) is 6. The standard InChI is InChI=1S/C27H23ClFN3O5/c1-15(16-3-5-17(29)6-4-16)31-27(33)32-20-8-7-18(13-19(20)28)37-22-9-10-30-21-14-23(34-2)25-26(24(21)22)36-12-11-35-25/h3-10,13-15H,11-12H2,1-2H3,(H2,31,32,33)/t15-/m1/s1. The Hall–Kier alpha value is -4.24. The molecule has 10 heteroatoms. The van der Waals surface area contributed by atoms with Crippen LogP contribution < -0.4 is 29.6 Å². The summed E-state index contributed by atoms with van der Waals surface area (Å²) in [5, 5.41) is 6.45. The number of nitrogens with one attached hydrogen (secondary N) is 2. The third-order valence-electron chi connectivity index (χ3n) is 5.80. The number of ether oxygens (including phenoxy) is 4. The maximum Gasteiger partial charge on any atom is 0.319 e. The SMILES string of the molecule is COc1cc2nccc(Oc3ccc(NC(=O)N[C@H](C)c4ccc(F)cc4)c(Cl)c3)c2c2c1OCCO2. The van der Waals surface area contributed by atoms with Gasteiger partial charge in [0.05, 0.1) is 34.8 Å². The fraction of sp³-hybridized carbons (Fsp3) is 0.185. The van der Waals surface area contributed by atoms with Crippen LogP contribution in [0, 0.1) is 5.82 Å². The summed E-state index contributed by atoms with van der Waals surface area (Å²) in [6.07, 6.45) is 1.62. The van der Waals surface area contributed by atoms with E-state index in [1.165, 1.54) is 12.1 Å². The Labute approximate surface area is 217 Å². The van der Waals surface area contributed by atoms with Crippen LogP contribution in [0.2, 0.25) is 5.02 Å². The zero-order valence-corrected chi connectivity index (χ0v) is 20.8. The number of urea groups is 1. The number of anilines is 1. The van der Waals surface area contributed by atoms with Crippen molar-refractivity contribution in [2.24, 2.45) is 0 Å². The van der Waals surface area contributed by atoms with Crippen LogP contribution in [0.4, 0.5) is 14.9 Å². The van der Waals surface area contributed by atoms with E-state index in [9.17, 15) is 9.18 Å². The smallest absolute Gasteiger partial charge is 0.319 e. The maximum absolute atomic E-state index is 13.2. The van der Waals surface area contributed by atoms with Gasteiger partial charge in [-0.1, -0.05) is 23.7 Å². The van der Waals surface area contributed by atoms with Crippen molar-refractivity contribution in [3.63, 3.8) is 0 Å². The van der Waals surface area contributed by atoms with Crippen LogP contribution in [0.1, 0.15) is 18.5 Å². The van der Waals surface area contributed by atoms with E-state index in [0.717, 1.165) is 5.56 Å². The molecule has 3 aromatic carbocycles. The molecule has 0 fully saturated rings. The Balaban J connectivity index is 1.34. The van der Waals surface area contributed by atoms with Crippen LogP contribution in [-0.2, 0) is 0 Å². The first-order valence-electron chi connectivity index (χ1n) is 11.5. The van der Waals surface area contributed by atoms with Gasteiger partial charge in [-0.25, -0.2) is 9.18 Å². The van der Waals surface area contributed by atoms with Crippen molar-refractivity contribution in [3.8, 4) is 28.7 Å². The Bertz CT molecular complexity index is 1470. The van der Waals surface area contributed by atoms with Gasteiger partial charge < -0.3 is 29.6 Å². The van der Waals surface area contributed by atoms with E-state index in [0.29, 0.717) is 58.6 Å². The molecule has 5 rings (SSSR count). The van der Waals surface area contributed by atoms with Gasteiger partial charge in [0.25, 0.3) is 0 Å². The minimum absolute atomic E-state index is 0.281. The molecule has 0 saturated heterocycles. The average molecular weight is 524 g/mol. The van der Waals surface area contributed by atoms with Gasteiger partial charge in [-0.3, -0.25) is 4.98 Å². The van der Waals surface area contributed by atoms with Crippen LogP contribution in [0.25, 0.3) is 10.9 Å². The van der Waals surface area contributed by atoms with E-state index in [4.69, 9.17) is 30.5 Å². The number of amides is 2. The first-order chi connectivity index (χ1) is 17.9. The lowest BCUT2D eigenvalue weighted by Gasteiger charge is -2.23. The molecule has 190 valence electrons. The molecule has 2 amide bonds. The molecule has 0 bridgehead atoms. The van der Waals surface area contributed by atoms with Crippen molar-refractivity contribution >= 4 is 34.2 Å². The molecule has 0 unspecified atom stereocenters. The van der Waals surface area contributed by atoms with Crippen molar-refractivity contribution in [2.45, 2.75) is 13.0 Å². The van der Waals surface area contributed by atoms with Crippen LogP contribution >= 0.6 is 11.6 Å². The molecule has 0 aliphatic carbocycles. The second kappa shape index (κ2) is 10.4. The van der Waals surface area contributed by atoms with Crippen molar-refractivity contribution in [1.82, 2.24) is 10.3 Å². The van der Waals surface area contributed by atoms with E-state index in [2.05, 4.69) is 15.6 Å². The summed E-state index contributed by atoms with van der Waals surface area (Å²) in [7, 11) is 1.56. The molecule has 1 aliphatic rings. The van der Waals surface area contributed by atoms with Crippen LogP contribution in [0.3, 0.4) is 0 Å². The Kier molecular flexibility index (Phi) is 6.87. The van der Waals surface area contributed by atoms with Gasteiger partial charge in [0.2, 0.25) is 5.75 Å². The van der Waals surface area contributed by atoms with Crippen molar-refractivity contribution < 1.29 is 28.1 Å². The molecule has 4 aromatic rings. The molecule has 37 heavy (non-hydrogen) atoms. The minimum Gasteiger partial charge on any atom is -0.493 e. The van der Waals surface area contributed by atoms with E-state index < -0.39 is 6.03 Å². The van der Waals surface area contributed by atoms with Gasteiger partial charge in [-0.15, -0.1) is 0 Å². The molecule has 0 saturated carbocycles. The van der Waals surface area contributed by atoms with Gasteiger partial charge in [0.15, 0.2) is 11.5 Å². The number of fused-ring (bicyclic) bond motifs is 3. The molecule has 2 N–H and O–H groups in total. The van der Waals surface area contributed by atoms with Crippen LogP contribution in [0.5, 0.6) is 28.7 Å². The fourth-order valence-corrected chi connectivity index (χ4v) is 4.21. The first kappa shape index (κ1) is 24.5. The number of carbonyl (C=O) groups excluding carboxylic acids is 1. The lowest BCUT2D eigenvalue weighted by molar-refractivity contribution is 0.167. The number of pyridine rings is 1. The van der Waals surface area contributed by atoms with Gasteiger partial charge in [-0.2, -0.15) is 0 Å². The number of carbonyl (C=O) groups is 1. The summed E-state index contributed by atoms with van der Waals surface area (Å²) >= 11 is 6.45. The number of rotatable bonds is 6. The molecule has 2 heterocycles. The monoisotopic (exact) mass is 523 g/mol. The molecule has 8 nitrogen and oxygen atoms in total. The zero-order valence-electron chi connectivity index (χ0n) is 20.0. The van der Waals surface area contributed by atoms with Gasteiger partial charge in [0, 0.05) is 18.3 Å². The average Bonchev–Trinajstić information content (AvgIpc) is 2.90. The van der Waals surface area contributed by atoms with E-state index in [1.54, 1.807) is 62.7 Å². The highest BCUT2D eigenvalue weighted by Crippen LogP contribution is 2.48. The third kappa shape index (κ3) is 5.17. The lowest BCUT2D eigenvalue weighted by atomic mass is 10.1. The van der Waals surface area contributed by atoms with E-state index in [-0.39, 0.29) is 16.9 Å². The molecular weight excluding hydrogens is 501 g/mol. The molecule has 1 aliphatic heterocycles. The lowest BCUT2D eigenvalue weighted by Crippen LogP contribution is -2.31.